The molecule has 0 bridgehead atoms. The molecule has 2 aromatic carbocycles. The number of ether oxygens (including phenoxy) is 1. The maximum Gasteiger partial charge on any atom is 0.270 e. The lowest BCUT2D eigenvalue weighted by Gasteiger charge is -2.11. The predicted octanol–water partition coefficient (Wildman–Crippen LogP) is 1.74. The van der Waals surface area contributed by atoms with Crippen LogP contribution in [0.5, 0.6) is 5.75 Å². The van der Waals surface area contributed by atoms with Crippen molar-refractivity contribution in [2.24, 2.45) is 0 Å². The maximum atomic E-state index is 12.1. The fraction of sp³-hybridized carbons (Fsp3) is 0.111. The van der Waals surface area contributed by atoms with Gasteiger partial charge in [-0.25, -0.2) is 0 Å². The zero-order valence-electron chi connectivity index (χ0n) is 15.6. The van der Waals surface area contributed by atoms with Crippen LogP contribution in [-0.4, -0.2) is 44.4 Å². The number of non-ortho nitro benzene ring substituents is 1. The molecule has 1 aromatic heterocycles. The van der Waals surface area contributed by atoms with Gasteiger partial charge in [-0.15, -0.1) is 10.2 Å². The highest BCUT2D eigenvalue weighted by Crippen LogP contribution is 2.26. The Kier molecular flexibility index (Phi) is 6.60. The van der Waals surface area contributed by atoms with E-state index in [1.807, 2.05) is 18.2 Å². The zero-order valence-corrected chi connectivity index (χ0v) is 16.5. The first-order valence-corrected chi connectivity index (χ1v) is 9.48. The van der Waals surface area contributed by atoms with Crippen molar-refractivity contribution in [3.63, 3.8) is 0 Å². The molecule has 0 fully saturated rings. The van der Waals surface area contributed by atoms with Gasteiger partial charge >= 0.3 is 0 Å². The van der Waals surface area contributed by atoms with E-state index >= 15 is 0 Å². The predicted molar refractivity (Wildman–Crippen MR) is 107 cm³/mol. The van der Waals surface area contributed by atoms with Gasteiger partial charge in [-0.2, -0.15) is 0 Å². The number of nitrogens with one attached hydrogen (secondary N) is 2. The van der Waals surface area contributed by atoms with Gasteiger partial charge < -0.3 is 4.74 Å². The van der Waals surface area contributed by atoms with Crippen LogP contribution >= 0.6 is 11.8 Å². The average Bonchev–Trinajstić information content (AvgIpc) is 3.24. The van der Waals surface area contributed by atoms with Crippen LogP contribution in [0.4, 0.5) is 5.69 Å². The van der Waals surface area contributed by atoms with Crippen LogP contribution in [0.2, 0.25) is 0 Å². The van der Waals surface area contributed by atoms with E-state index in [-0.39, 0.29) is 17.0 Å². The first-order valence-electron chi connectivity index (χ1n) is 8.49. The number of hydrogen-bond acceptors (Lipinski definition) is 8. The summed E-state index contributed by atoms with van der Waals surface area (Å²) in [6.07, 6.45) is 1.50. The summed E-state index contributed by atoms with van der Waals surface area (Å²) in [6, 6.07) is 12.5. The molecule has 0 saturated carbocycles. The number of benzene rings is 2. The van der Waals surface area contributed by atoms with E-state index in [2.05, 4.69) is 21.0 Å². The first kappa shape index (κ1) is 20.8. The Morgan fingerprint density at radius 3 is 2.77 bits per heavy atom. The first-order chi connectivity index (χ1) is 14.5. The summed E-state index contributed by atoms with van der Waals surface area (Å²) < 4.78 is 7.00. The van der Waals surface area contributed by atoms with E-state index < -0.39 is 16.7 Å². The molecule has 30 heavy (non-hydrogen) atoms. The Balaban J connectivity index is 1.57. The fourth-order valence-electron chi connectivity index (χ4n) is 2.44. The summed E-state index contributed by atoms with van der Waals surface area (Å²) in [5, 5.41) is 19.1. The molecular weight excluding hydrogens is 412 g/mol. The van der Waals surface area contributed by atoms with Gasteiger partial charge in [0.05, 0.1) is 23.5 Å². The largest absolute Gasteiger partial charge is 0.495 e. The SMILES string of the molecule is COc1ccccc1-n1cnnc1SCC(=O)NNC(=O)c1cccc([N+](=O)[O-])c1. The Hall–Kier alpha value is -3.93. The molecule has 0 aliphatic heterocycles. The van der Waals surface area contributed by atoms with Crippen molar-refractivity contribution in [2.75, 3.05) is 12.9 Å². The summed E-state index contributed by atoms with van der Waals surface area (Å²) in [6.45, 7) is 0. The van der Waals surface area contributed by atoms with E-state index in [9.17, 15) is 19.7 Å². The number of amides is 2. The summed E-state index contributed by atoms with van der Waals surface area (Å²) in [5.74, 6) is -0.598. The minimum Gasteiger partial charge on any atom is -0.495 e. The van der Waals surface area contributed by atoms with E-state index in [4.69, 9.17) is 4.74 Å². The standard InChI is InChI=1S/C18H16N6O5S/c1-29-15-8-3-2-7-14(15)23-11-19-22-18(23)30-10-16(25)20-21-17(26)12-5-4-6-13(9-12)24(27)28/h2-9,11H,10H2,1H3,(H,20,25)(H,21,26). The number of nitro groups is 1. The van der Waals surface area contributed by atoms with Gasteiger partial charge in [-0.3, -0.25) is 35.1 Å². The number of carbonyl (C=O) groups excluding carboxylic acids is 2. The van der Waals surface area contributed by atoms with E-state index in [1.165, 1.54) is 24.5 Å². The molecule has 0 aliphatic rings. The third-order valence-electron chi connectivity index (χ3n) is 3.83. The van der Waals surface area contributed by atoms with Crippen LogP contribution in [0, 0.1) is 10.1 Å². The van der Waals surface area contributed by atoms with Gasteiger partial charge in [-0.1, -0.05) is 30.0 Å². The number of rotatable bonds is 7. The van der Waals surface area contributed by atoms with Gasteiger partial charge in [0, 0.05) is 17.7 Å². The molecule has 0 aliphatic carbocycles. The molecule has 2 amide bonds. The Bertz CT molecular complexity index is 1090. The van der Waals surface area contributed by atoms with E-state index in [1.54, 1.807) is 17.7 Å². The number of hydrogen-bond donors (Lipinski definition) is 2. The second kappa shape index (κ2) is 9.52. The van der Waals surface area contributed by atoms with Gasteiger partial charge in [-0.05, 0) is 18.2 Å². The maximum absolute atomic E-state index is 12.1. The van der Waals surface area contributed by atoms with Crippen molar-refractivity contribution in [3.8, 4) is 11.4 Å². The Morgan fingerprint density at radius 1 is 1.20 bits per heavy atom. The van der Waals surface area contributed by atoms with Crippen molar-refractivity contribution >= 4 is 29.3 Å². The molecule has 3 aromatic rings. The van der Waals surface area contributed by atoms with Crippen LogP contribution in [0.15, 0.2) is 60.0 Å². The molecule has 154 valence electrons. The average molecular weight is 428 g/mol. The Morgan fingerprint density at radius 2 is 2.00 bits per heavy atom. The third kappa shape index (κ3) is 4.91. The number of nitrogens with zero attached hydrogens (tertiary/aromatic N) is 4. The Labute approximate surface area is 174 Å². The summed E-state index contributed by atoms with van der Waals surface area (Å²) >= 11 is 1.11. The van der Waals surface area contributed by atoms with Crippen LogP contribution < -0.4 is 15.6 Å². The summed E-state index contributed by atoms with van der Waals surface area (Å²) in [7, 11) is 1.55. The molecule has 11 nitrogen and oxygen atoms in total. The lowest BCUT2D eigenvalue weighted by Crippen LogP contribution is -2.42. The highest BCUT2D eigenvalue weighted by atomic mass is 32.2. The van der Waals surface area contributed by atoms with Gasteiger partial charge in [0.25, 0.3) is 11.6 Å². The third-order valence-corrected chi connectivity index (χ3v) is 4.77. The minimum atomic E-state index is -0.672. The number of thioether (sulfide) groups is 1. The minimum absolute atomic E-state index is 0.0491. The molecule has 0 radical (unpaired) electrons. The summed E-state index contributed by atoms with van der Waals surface area (Å²) in [5.41, 5.74) is 5.03. The molecule has 0 spiro atoms. The van der Waals surface area contributed by atoms with Crippen molar-refractivity contribution in [3.05, 3.63) is 70.5 Å². The van der Waals surface area contributed by atoms with Gasteiger partial charge in [0.1, 0.15) is 12.1 Å². The van der Waals surface area contributed by atoms with E-state index in [0.717, 1.165) is 17.8 Å². The van der Waals surface area contributed by atoms with Crippen LogP contribution in [0.25, 0.3) is 5.69 Å². The lowest BCUT2D eigenvalue weighted by atomic mass is 10.2. The summed E-state index contributed by atoms with van der Waals surface area (Å²) in [4.78, 5) is 34.3. The molecule has 0 unspecified atom stereocenters. The fourth-order valence-corrected chi connectivity index (χ4v) is 3.16. The lowest BCUT2D eigenvalue weighted by molar-refractivity contribution is -0.384. The van der Waals surface area contributed by atoms with Crippen LogP contribution in [0.3, 0.4) is 0 Å². The quantitative estimate of drug-likeness (QED) is 0.329. The normalized spacial score (nSPS) is 10.3. The van der Waals surface area contributed by atoms with Gasteiger partial charge in [0.2, 0.25) is 5.91 Å². The second-order valence-electron chi connectivity index (χ2n) is 5.75. The zero-order chi connectivity index (χ0) is 21.5. The number of nitro benzene ring substituents is 1. The van der Waals surface area contributed by atoms with Crippen molar-refractivity contribution in [2.45, 2.75) is 5.16 Å². The number of para-hydroxylation sites is 2. The molecule has 2 N–H and O–H groups in total. The van der Waals surface area contributed by atoms with E-state index in [0.29, 0.717) is 16.6 Å². The number of methoxy groups -OCH3 is 1. The number of carbonyl (C=O) groups is 2. The molecule has 12 heteroatoms. The molecule has 0 atom stereocenters. The van der Waals surface area contributed by atoms with Crippen molar-refractivity contribution in [1.29, 1.82) is 0 Å². The second-order valence-corrected chi connectivity index (χ2v) is 6.70. The molecule has 3 rings (SSSR count). The monoisotopic (exact) mass is 428 g/mol. The number of hydrazine groups is 1. The highest BCUT2D eigenvalue weighted by molar-refractivity contribution is 7.99. The van der Waals surface area contributed by atoms with Crippen LogP contribution in [-0.2, 0) is 4.79 Å². The van der Waals surface area contributed by atoms with Crippen molar-refractivity contribution < 1.29 is 19.2 Å². The van der Waals surface area contributed by atoms with Gasteiger partial charge in [0.15, 0.2) is 5.16 Å². The van der Waals surface area contributed by atoms with Crippen LogP contribution in [0.1, 0.15) is 10.4 Å². The smallest absolute Gasteiger partial charge is 0.270 e. The number of aromatic nitrogens is 3. The highest BCUT2D eigenvalue weighted by Gasteiger charge is 2.15. The molecule has 1 heterocycles. The molecule has 0 saturated heterocycles. The van der Waals surface area contributed by atoms with Crippen molar-refractivity contribution in [1.82, 2.24) is 25.6 Å². The molecular formula is C18H16N6O5S. The topological polar surface area (TPSA) is 141 Å².